The summed E-state index contributed by atoms with van der Waals surface area (Å²) in [5.41, 5.74) is 1.64. The summed E-state index contributed by atoms with van der Waals surface area (Å²) < 4.78 is 27.3. The number of hydrogen-bond acceptors (Lipinski definition) is 3. The van der Waals surface area contributed by atoms with E-state index in [0.29, 0.717) is 27.8 Å². The van der Waals surface area contributed by atoms with Gasteiger partial charge >= 0.3 is 0 Å². The molecule has 0 spiro atoms. The Kier molecular flexibility index (Phi) is 6.47. The molecule has 0 saturated heterocycles. The number of sulfonamides is 1. The summed E-state index contributed by atoms with van der Waals surface area (Å²) in [7, 11) is -2.06. The molecule has 0 aliphatic heterocycles. The van der Waals surface area contributed by atoms with Crippen LogP contribution in [-0.2, 0) is 16.6 Å². The Labute approximate surface area is 179 Å². The van der Waals surface area contributed by atoms with Gasteiger partial charge in [0, 0.05) is 34.9 Å². The Bertz CT molecular complexity index is 1120. The van der Waals surface area contributed by atoms with Gasteiger partial charge < -0.3 is 4.90 Å². The number of carbonyl (C=O) groups is 1. The van der Waals surface area contributed by atoms with Crippen molar-refractivity contribution in [3.05, 3.63) is 94.0 Å². The van der Waals surface area contributed by atoms with Gasteiger partial charge in [-0.05, 0) is 60.2 Å². The van der Waals surface area contributed by atoms with Crippen LogP contribution in [-0.4, -0.2) is 26.3 Å². The number of rotatable bonds is 6. The lowest BCUT2D eigenvalue weighted by Gasteiger charge is -2.18. The van der Waals surface area contributed by atoms with Gasteiger partial charge in [0.15, 0.2) is 0 Å². The number of halogens is 2. The van der Waals surface area contributed by atoms with Gasteiger partial charge in [-0.2, -0.15) is 0 Å². The Balaban J connectivity index is 1.70. The van der Waals surface area contributed by atoms with E-state index in [1.165, 1.54) is 24.3 Å². The molecule has 0 bridgehead atoms. The van der Waals surface area contributed by atoms with E-state index in [9.17, 15) is 13.2 Å². The van der Waals surface area contributed by atoms with Gasteiger partial charge in [0.05, 0.1) is 4.90 Å². The van der Waals surface area contributed by atoms with Crippen LogP contribution < -0.4 is 4.72 Å². The zero-order chi connectivity index (χ0) is 21.0. The molecule has 3 aromatic carbocycles. The molecule has 0 aromatic heterocycles. The summed E-state index contributed by atoms with van der Waals surface area (Å²) in [5, 5.41) is 1.05. The molecule has 3 rings (SSSR count). The van der Waals surface area contributed by atoms with E-state index < -0.39 is 10.0 Å². The predicted octanol–water partition coefficient (Wildman–Crippen LogP) is 5.07. The smallest absolute Gasteiger partial charge is 0.261 e. The Hall–Kier alpha value is -2.54. The quantitative estimate of drug-likeness (QED) is 0.572. The van der Waals surface area contributed by atoms with Gasteiger partial charge in [-0.25, -0.2) is 8.42 Å². The first kappa shape index (κ1) is 21.2. The molecule has 1 amide bonds. The first-order chi connectivity index (χ1) is 13.8. The maximum atomic E-state index is 12.6. The summed E-state index contributed by atoms with van der Waals surface area (Å²) in [5.74, 6) is -0.197. The number of anilines is 1. The van der Waals surface area contributed by atoms with Gasteiger partial charge in [-0.1, -0.05) is 41.4 Å². The average molecular weight is 449 g/mol. The summed E-state index contributed by atoms with van der Waals surface area (Å²) >= 11 is 11.9. The largest absolute Gasteiger partial charge is 0.337 e. The van der Waals surface area contributed by atoms with Crippen molar-refractivity contribution < 1.29 is 13.2 Å². The van der Waals surface area contributed by atoms with Crippen LogP contribution in [0.4, 0.5) is 5.69 Å². The van der Waals surface area contributed by atoms with E-state index in [1.807, 2.05) is 18.2 Å². The predicted molar refractivity (Wildman–Crippen MR) is 116 cm³/mol. The fraction of sp³-hybridized carbons (Fsp3) is 0.0952. The Morgan fingerprint density at radius 2 is 1.55 bits per heavy atom. The second-order valence-corrected chi connectivity index (χ2v) is 8.92. The van der Waals surface area contributed by atoms with Crippen molar-refractivity contribution in [1.82, 2.24) is 4.90 Å². The number of nitrogens with zero attached hydrogens (tertiary/aromatic N) is 1. The summed E-state index contributed by atoms with van der Waals surface area (Å²) in [6.45, 7) is 0.365. The molecule has 29 heavy (non-hydrogen) atoms. The highest BCUT2D eigenvalue weighted by atomic mass is 35.5. The molecule has 150 valence electrons. The SMILES string of the molecule is CN(Cc1ccccc1Cl)C(=O)c1ccc(NS(=O)(=O)c2ccc(Cl)cc2)cc1. The van der Waals surface area contributed by atoms with Crippen LogP contribution in [0.15, 0.2) is 77.7 Å². The highest BCUT2D eigenvalue weighted by Crippen LogP contribution is 2.20. The van der Waals surface area contributed by atoms with Gasteiger partial charge in [0.25, 0.3) is 15.9 Å². The van der Waals surface area contributed by atoms with Gasteiger partial charge in [0.2, 0.25) is 0 Å². The third-order valence-corrected chi connectivity index (χ3v) is 6.24. The molecule has 1 N–H and O–H groups in total. The van der Waals surface area contributed by atoms with Crippen molar-refractivity contribution in [3.8, 4) is 0 Å². The third kappa shape index (κ3) is 5.29. The minimum Gasteiger partial charge on any atom is -0.337 e. The number of nitrogens with one attached hydrogen (secondary N) is 1. The second-order valence-electron chi connectivity index (χ2n) is 6.39. The Morgan fingerprint density at radius 3 is 2.17 bits per heavy atom. The lowest BCUT2D eigenvalue weighted by molar-refractivity contribution is 0.0785. The van der Waals surface area contributed by atoms with E-state index in [1.54, 1.807) is 42.3 Å². The topological polar surface area (TPSA) is 66.5 Å². The normalized spacial score (nSPS) is 11.1. The molecule has 8 heteroatoms. The van der Waals surface area contributed by atoms with Crippen LogP contribution in [0.25, 0.3) is 0 Å². The van der Waals surface area contributed by atoms with Crippen LogP contribution in [0, 0.1) is 0 Å². The van der Waals surface area contributed by atoms with Crippen molar-refractivity contribution in [2.45, 2.75) is 11.4 Å². The van der Waals surface area contributed by atoms with Crippen LogP contribution >= 0.6 is 23.2 Å². The fourth-order valence-electron chi connectivity index (χ4n) is 2.68. The van der Waals surface area contributed by atoms with E-state index in [2.05, 4.69) is 4.72 Å². The van der Waals surface area contributed by atoms with Gasteiger partial charge in [-0.15, -0.1) is 0 Å². The van der Waals surface area contributed by atoms with E-state index in [-0.39, 0.29) is 10.8 Å². The molecular formula is C21H18Cl2N2O3S. The summed E-state index contributed by atoms with van der Waals surface area (Å²) in [4.78, 5) is 14.3. The van der Waals surface area contributed by atoms with E-state index >= 15 is 0 Å². The zero-order valence-corrected chi connectivity index (χ0v) is 17.8. The molecule has 0 heterocycles. The monoisotopic (exact) mass is 448 g/mol. The number of benzene rings is 3. The summed E-state index contributed by atoms with van der Waals surface area (Å²) in [6, 6.07) is 19.4. The van der Waals surface area contributed by atoms with Gasteiger partial charge in [-0.3, -0.25) is 9.52 Å². The van der Waals surface area contributed by atoms with Crippen LogP contribution in [0.3, 0.4) is 0 Å². The molecule has 0 fully saturated rings. The molecule has 0 aliphatic carbocycles. The molecule has 0 unspecified atom stereocenters. The maximum absolute atomic E-state index is 12.6. The Morgan fingerprint density at radius 1 is 0.931 bits per heavy atom. The van der Waals surface area contributed by atoms with E-state index in [0.717, 1.165) is 5.56 Å². The first-order valence-electron chi connectivity index (χ1n) is 8.63. The number of hydrogen-bond donors (Lipinski definition) is 1. The average Bonchev–Trinajstić information content (AvgIpc) is 2.70. The molecule has 0 radical (unpaired) electrons. The maximum Gasteiger partial charge on any atom is 0.261 e. The van der Waals surface area contributed by atoms with Crippen molar-refractivity contribution in [1.29, 1.82) is 0 Å². The molecule has 0 aliphatic rings. The van der Waals surface area contributed by atoms with Crippen LogP contribution in [0.2, 0.25) is 10.0 Å². The third-order valence-electron chi connectivity index (χ3n) is 4.22. The van der Waals surface area contributed by atoms with Crippen molar-refractivity contribution in [3.63, 3.8) is 0 Å². The van der Waals surface area contributed by atoms with Gasteiger partial charge in [0.1, 0.15) is 0 Å². The molecule has 0 saturated carbocycles. The lowest BCUT2D eigenvalue weighted by Crippen LogP contribution is -2.26. The molecule has 5 nitrogen and oxygen atoms in total. The van der Waals surface area contributed by atoms with Crippen molar-refractivity contribution >= 4 is 44.8 Å². The number of carbonyl (C=O) groups excluding carboxylic acids is 1. The minimum atomic E-state index is -3.74. The van der Waals surface area contributed by atoms with E-state index in [4.69, 9.17) is 23.2 Å². The standard InChI is InChI=1S/C21H18Cl2N2O3S/c1-25(14-16-4-2-3-5-20(16)23)21(26)15-6-10-18(11-7-15)24-29(27,28)19-12-8-17(22)9-13-19/h2-13,24H,14H2,1H3. The molecule has 3 aromatic rings. The highest BCUT2D eigenvalue weighted by Gasteiger charge is 2.16. The summed E-state index contributed by atoms with van der Waals surface area (Å²) in [6.07, 6.45) is 0. The fourth-order valence-corrected chi connectivity index (χ4v) is 4.06. The number of amides is 1. The van der Waals surface area contributed by atoms with Crippen molar-refractivity contribution in [2.24, 2.45) is 0 Å². The second kappa shape index (κ2) is 8.86. The molecule has 0 atom stereocenters. The van der Waals surface area contributed by atoms with Crippen LogP contribution in [0.1, 0.15) is 15.9 Å². The zero-order valence-electron chi connectivity index (χ0n) is 15.5. The minimum absolute atomic E-state index is 0.0986. The first-order valence-corrected chi connectivity index (χ1v) is 10.9. The lowest BCUT2D eigenvalue weighted by atomic mass is 10.1. The van der Waals surface area contributed by atoms with Crippen molar-refractivity contribution in [2.75, 3.05) is 11.8 Å². The highest BCUT2D eigenvalue weighted by molar-refractivity contribution is 7.92. The van der Waals surface area contributed by atoms with Crippen LogP contribution in [0.5, 0.6) is 0 Å². The molecular weight excluding hydrogens is 431 g/mol.